The molecule has 1 N–H and O–H groups in total. The molecule has 0 aliphatic carbocycles. The fourth-order valence-electron chi connectivity index (χ4n) is 2.32. The van der Waals surface area contributed by atoms with Crippen LogP contribution in [0.5, 0.6) is 0 Å². The van der Waals surface area contributed by atoms with Gasteiger partial charge in [0, 0.05) is 15.8 Å². The van der Waals surface area contributed by atoms with Gasteiger partial charge in [0.25, 0.3) is 5.91 Å². The van der Waals surface area contributed by atoms with Crippen LogP contribution in [0.4, 0.5) is 5.69 Å². The molecule has 6 heteroatoms. The van der Waals surface area contributed by atoms with Crippen LogP contribution in [0.2, 0.25) is 5.02 Å². The molecule has 0 aliphatic heterocycles. The number of nitrogens with one attached hydrogen (secondary N) is 1. The highest BCUT2D eigenvalue weighted by molar-refractivity contribution is 7.21. The number of hydrogen-bond donors (Lipinski definition) is 1. The van der Waals surface area contributed by atoms with Crippen molar-refractivity contribution in [3.8, 4) is 0 Å². The van der Waals surface area contributed by atoms with Crippen molar-refractivity contribution in [1.82, 2.24) is 0 Å². The Balaban J connectivity index is 1.76. The molecule has 1 aromatic heterocycles. The van der Waals surface area contributed by atoms with Gasteiger partial charge in [0.1, 0.15) is 4.88 Å². The Labute approximate surface area is 154 Å². The quantitative estimate of drug-likeness (QED) is 0.625. The van der Waals surface area contributed by atoms with E-state index in [0.717, 1.165) is 10.1 Å². The maximum Gasteiger partial charge on any atom is 0.338 e. The average Bonchev–Trinajstić information content (AvgIpc) is 2.92. The predicted molar refractivity (Wildman–Crippen MR) is 102 cm³/mol. The third-order valence-corrected chi connectivity index (χ3v) is 5.14. The highest BCUT2D eigenvalue weighted by Gasteiger charge is 2.17. The molecular weight excluding hydrogens is 358 g/mol. The van der Waals surface area contributed by atoms with Crippen molar-refractivity contribution in [1.29, 1.82) is 0 Å². The van der Waals surface area contributed by atoms with Gasteiger partial charge in [-0.15, -0.1) is 11.3 Å². The molecule has 0 spiro atoms. The largest absolute Gasteiger partial charge is 0.459 e. The lowest BCUT2D eigenvalue weighted by molar-refractivity contribution is 0.0378. The van der Waals surface area contributed by atoms with Crippen LogP contribution in [0.25, 0.3) is 10.1 Å². The smallest absolute Gasteiger partial charge is 0.338 e. The van der Waals surface area contributed by atoms with Crippen molar-refractivity contribution in [2.45, 2.75) is 20.0 Å². The summed E-state index contributed by atoms with van der Waals surface area (Å²) in [5.41, 5.74) is 1.02. The van der Waals surface area contributed by atoms with E-state index in [2.05, 4.69) is 5.32 Å². The van der Waals surface area contributed by atoms with Gasteiger partial charge in [0.05, 0.1) is 16.7 Å². The van der Waals surface area contributed by atoms with Gasteiger partial charge in [0.2, 0.25) is 0 Å². The van der Waals surface area contributed by atoms with Gasteiger partial charge >= 0.3 is 5.97 Å². The number of carbonyl (C=O) groups is 2. The Bertz CT molecular complexity index is 931. The Morgan fingerprint density at radius 3 is 2.40 bits per heavy atom. The molecule has 128 valence electrons. The number of hydrogen-bond acceptors (Lipinski definition) is 4. The van der Waals surface area contributed by atoms with Crippen LogP contribution in [0.1, 0.15) is 33.9 Å². The van der Waals surface area contributed by atoms with Crippen LogP contribution < -0.4 is 5.32 Å². The summed E-state index contributed by atoms with van der Waals surface area (Å²) < 4.78 is 6.10. The molecule has 1 heterocycles. The molecule has 2 aromatic carbocycles. The summed E-state index contributed by atoms with van der Waals surface area (Å²) in [7, 11) is 0. The summed E-state index contributed by atoms with van der Waals surface area (Å²) in [6.45, 7) is 3.59. The summed E-state index contributed by atoms with van der Waals surface area (Å²) in [5, 5.41) is 4.12. The maximum absolute atomic E-state index is 12.5. The first kappa shape index (κ1) is 17.5. The van der Waals surface area contributed by atoms with Gasteiger partial charge in [-0.3, -0.25) is 4.79 Å². The Hall–Kier alpha value is -2.37. The minimum atomic E-state index is -0.388. The van der Waals surface area contributed by atoms with Crippen LogP contribution in [0.15, 0.2) is 48.5 Å². The van der Waals surface area contributed by atoms with Crippen LogP contribution in [0.3, 0.4) is 0 Å². The number of rotatable bonds is 4. The van der Waals surface area contributed by atoms with Crippen LogP contribution in [0, 0.1) is 0 Å². The van der Waals surface area contributed by atoms with E-state index in [1.165, 1.54) is 11.3 Å². The minimum Gasteiger partial charge on any atom is -0.459 e. The zero-order valence-corrected chi connectivity index (χ0v) is 15.3. The third kappa shape index (κ3) is 3.83. The minimum absolute atomic E-state index is 0.179. The SMILES string of the molecule is CC(C)OC(=O)c1ccc(NC(=O)c2sc3ccccc3c2Cl)cc1. The highest BCUT2D eigenvalue weighted by atomic mass is 35.5. The topological polar surface area (TPSA) is 55.4 Å². The number of benzene rings is 2. The van der Waals surface area contributed by atoms with Crippen LogP contribution in [-0.2, 0) is 4.74 Å². The fourth-order valence-corrected chi connectivity index (χ4v) is 3.73. The summed E-state index contributed by atoms with van der Waals surface area (Å²) in [4.78, 5) is 24.8. The number of fused-ring (bicyclic) bond motifs is 1. The summed E-state index contributed by atoms with van der Waals surface area (Å²) in [6, 6.07) is 14.2. The molecule has 0 aliphatic rings. The number of halogens is 1. The highest BCUT2D eigenvalue weighted by Crippen LogP contribution is 2.35. The molecular formula is C19H16ClNO3S. The van der Waals surface area contributed by atoms with E-state index in [9.17, 15) is 9.59 Å². The van der Waals surface area contributed by atoms with Crippen molar-refractivity contribution in [3.63, 3.8) is 0 Å². The lowest BCUT2D eigenvalue weighted by Gasteiger charge is -2.09. The van der Waals surface area contributed by atoms with E-state index in [4.69, 9.17) is 16.3 Å². The molecule has 0 saturated carbocycles. The summed E-state index contributed by atoms with van der Waals surface area (Å²) >= 11 is 7.67. The van der Waals surface area contributed by atoms with E-state index < -0.39 is 0 Å². The second-order valence-corrected chi connectivity index (χ2v) is 7.16. The standard InChI is InChI=1S/C19H16ClNO3S/c1-11(2)24-19(23)12-7-9-13(10-8-12)21-18(22)17-16(20)14-5-3-4-6-15(14)25-17/h3-11H,1-2H3,(H,21,22). The molecule has 4 nitrogen and oxygen atoms in total. The molecule has 0 unspecified atom stereocenters. The number of amides is 1. The van der Waals surface area contributed by atoms with E-state index in [1.807, 2.05) is 24.3 Å². The zero-order valence-electron chi connectivity index (χ0n) is 13.7. The molecule has 3 aromatic rings. The Kier molecular flexibility index (Phi) is 5.06. The van der Waals surface area contributed by atoms with Gasteiger partial charge in [-0.25, -0.2) is 4.79 Å². The van der Waals surface area contributed by atoms with E-state index >= 15 is 0 Å². The zero-order chi connectivity index (χ0) is 18.0. The van der Waals surface area contributed by atoms with Crippen LogP contribution >= 0.6 is 22.9 Å². The molecule has 3 rings (SSSR count). The van der Waals surface area contributed by atoms with Crippen molar-refractivity contribution in [2.24, 2.45) is 0 Å². The number of ether oxygens (including phenoxy) is 1. The summed E-state index contributed by atoms with van der Waals surface area (Å²) in [5.74, 6) is -0.663. The van der Waals surface area contributed by atoms with Crippen LogP contribution in [-0.4, -0.2) is 18.0 Å². The monoisotopic (exact) mass is 373 g/mol. The lowest BCUT2D eigenvalue weighted by atomic mass is 10.2. The first-order chi connectivity index (χ1) is 12.0. The molecule has 0 bridgehead atoms. The fraction of sp³-hybridized carbons (Fsp3) is 0.158. The first-order valence-corrected chi connectivity index (χ1v) is 8.94. The molecule has 0 saturated heterocycles. The van der Waals surface area contributed by atoms with Gasteiger partial charge < -0.3 is 10.1 Å². The van der Waals surface area contributed by atoms with Crippen molar-refractivity contribution in [2.75, 3.05) is 5.32 Å². The second-order valence-electron chi connectivity index (χ2n) is 5.73. The average molecular weight is 374 g/mol. The van der Waals surface area contributed by atoms with Crippen molar-refractivity contribution >= 4 is 50.6 Å². The Morgan fingerprint density at radius 2 is 1.76 bits per heavy atom. The predicted octanol–water partition coefficient (Wildman–Crippen LogP) is 5.37. The van der Waals surface area contributed by atoms with Crippen molar-refractivity contribution in [3.05, 3.63) is 64.0 Å². The Morgan fingerprint density at radius 1 is 1.08 bits per heavy atom. The van der Waals surface area contributed by atoms with Gasteiger partial charge in [-0.2, -0.15) is 0 Å². The number of anilines is 1. The number of esters is 1. The lowest BCUT2D eigenvalue weighted by Crippen LogP contribution is -2.13. The first-order valence-electron chi connectivity index (χ1n) is 7.75. The normalized spacial score (nSPS) is 10.9. The molecule has 1 amide bonds. The molecule has 0 radical (unpaired) electrons. The number of carbonyl (C=O) groups excluding carboxylic acids is 2. The van der Waals surface area contributed by atoms with E-state index in [-0.39, 0.29) is 18.0 Å². The molecule has 0 fully saturated rings. The second kappa shape index (κ2) is 7.25. The van der Waals surface area contributed by atoms with E-state index in [0.29, 0.717) is 21.2 Å². The third-order valence-electron chi connectivity index (χ3n) is 3.46. The maximum atomic E-state index is 12.5. The van der Waals surface area contributed by atoms with Crippen molar-refractivity contribution < 1.29 is 14.3 Å². The number of thiophene rings is 1. The van der Waals surface area contributed by atoms with Gasteiger partial charge in [-0.1, -0.05) is 29.8 Å². The van der Waals surface area contributed by atoms with Gasteiger partial charge in [0.15, 0.2) is 0 Å². The molecule has 0 atom stereocenters. The van der Waals surface area contributed by atoms with Gasteiger partial charge in [-0.05, 0) is 44.2 Å². The van der Waals surface area contributed by atoms with E-state index in [1.54, 1.807) is 38.1 Å². The molecule has 25 heavy (non-hydrogen) atoms. The summed E-state index contributed by atoms with van der Waals surface area (Å²) in [6.07, 6.45) is -0.179.